The average molecular weight is 765 g/mol. The lowest BCUT2D eigenvalue weighted by molar-refractivity contribution is -0.409. The van der Waals surface area contributed by atoms with Crippen LogP contribution in [0.3, 0.4) is 0 Å². The summed E-state index contributed by atoms with van der Waals surface area (Å²) in [7, 11) is 0. The van der Waals surface area contributed by atoms with Crippen LogP contribution in [0, 0.1) is 41.4 Å². The van der Waals surface area contributed by atoms with Crippen LogP contribution in [0.2, 0.25) is 0 Å². The molecule has 0 radical (unpaired) electrons. The first-order valence-electron chi connectivity index (χ1n) is 21.2. The van der Waals surface area contributed by atoms with Gasteiger partial charge in [-0.3, -0.25) is 9.59 Å². The van der Waals surface area contributed by atoms with Gasteiger partial charge in [-0.2, -0.15) is 0 Å². The maximum Gasteiger partial charge on any atom is 0.309 e. The second-order valence-corrected chi connectivity index (χ2v) is 18.3. The fourth-order valence-electron chi connectivity index (χ4n) is 10.7. The Labute approximate surface area is 323 Å². The van der Waals surface area contributed by atoms with Crippen molar-refractivity contribution in [3.8, 4) is 0 Å². The molecule has 54 heavy (non-hydrogen) atoms. The molecule has 2 spiro atoms. The van der Waals surface area contributed by atoms with E-state index in [1.54, 1.807) is 19.1 Å². The van der Waals surface area contributed by atoms with Gasteiger partial charge in [0.25, 0.3) is 0 Å². The van der Waals surface area contributed by atoms with Crippen LogP contribution in [0.25, 0.3) is 0 Å². The summed E-state index contributed by atoms with van der Waals surface area (Å²) < 4.78 is 33.6. The summed E-state index contributed by atoms with van der Waals surface area (Å²) in [5.41, 5.74) is -1.63. The Bertz CT molecular complexity index is 1340. The van der Waals surface area contributed by atoms with Crippen molar-refractivity contribution in [2.75, 3.05) is 0 Å². The summed E-state index contributed by atoms with van der Waals surface area (Å²) in [5.74, 6) is -5.75. The van der Waals surface area contributed by atoms with Gasteiger partial charge < -0.3 is 44.1 Å². The number of rotatable bonds is 13. The van der Waals surface area contributed by atoms with Crippen molar-refractivity contribution in [1.82, 2.24) is 0 Å². The molecular formula is C43H72O11. The standard InChI is InChI=1S/C43H72O11/c1-11-14-31(36(46)27(7)35(45)28(8)37-24(4)15-16-32(51-37)30(12-2)39(47)48)38-25(5)23-26(6)42(52-38)20-17-33(44)43(54-42)22-21-40(10,53-43)34-18-19-41(49,13-3)29(9)50-34/h17,20,24-35,37-38,44-45,49H,11-16,18-19,21-23H2,1-10H3,(H,47,48)/t24-,25-,26+,27-,28-,29-,30+,31-,32?,33+,34?,35+,37?,38?,40-,41+,42-,43-/m0/s1. The molecule has 0 amide bonds. The summed E-state index contributed by atoms with van der Waals surface area (Å²) in [6.07, 6.45) is 6.35. The lowest BCUT2D eigenvalue weighted by Gasteiger charge is -2.54. The van der Waals surface area contributed by atoms with Gasteiger partial charge in [-0.1, -0.05) is 61.8 Å². The number of ether oxygens (including phenoxy) is 5. The summed E-state index contributed by atoms with van der Waals surface area (Å²) in [6.45, 7) is 19.7. The third-order valence-corrected chi connectivity index (χ3v) is 14.6. The van der Waals surface area contributed by atoms with Crippen LogP contribution >= 0.6 is 0 Å². The molecule has 0 aromatic carbocycles. The Hall–Kier alpha value is -1.44. The molecule has 0 bridgehead atoms. The number of carbonyl (C=O) groups excluding carboxylic acids is 1. The molecule has 4 unspecified atom stereocenters. The van der Waals surface area contributed by atoms with E-state index in [1.807, 2.05) is 41.5 Å². The molecule has 4 fully saturated rings. The number of carboxylic acid groups (broad SMARTS) is 1. The van der Waals surface area contributed by atoms with Gasteiger partial charge >= 0.3 is 5.97 Å². The van der Waals surface area contributed by atoms with Crippen molar-refractivity contribution < 1.29 is 53.7 Å². The Kier molecular flexibility index (Phi) is 13.6. The highest BCUT2D eigenvalue weighted by Crippen LogP contribution is 2.54. The Morgan fingerprint density at radius 2 is 1.61 bits per heavy atom. The van der Waals surface area contributed by atoms with Crippen molar-refractivity contribution in [3.63, 3.8) is 0 Å². The summed E-state index contributed by atoms with van der Waals surface area (Å²) >= 11 is 0. The largest absolute Gasteiger partial charge is 0.481 e. The Balaban J connectivity index is 1.33. The van der Waals surface area contributed by atoms with Gasteiger partial charge in [-0.15, -0.1) is 0 Å². The highest BCUT2D eigenvalue weighted by atomic mass is 16.8. The second-order valence-electron chi connectivity index (χ2n) is 18.3. The predicted octanol–water partition coefficient (Wildman–Crippen LogP) is 6.58. The number of aliphatic carboxylic acids is 1. The summed E-state index contributed by atoms with van der Waals surface area (Å²) in [4.78, 5) is 26.5. The molecule has 11 nitrogen and oxygen atoms in total. The maximum atomic E-state index is 14.6. The summed E-state index contributed by atoms with van der Waals surface area (Å²) in [6, 6.07) is 0. The average Bonchev–Trinajstić information content (AvgIpc) is 3.48. The van der Waals surface area contributed by atoms with E-state index in [0.29, 0.717) is 51.4 Å². The molecular weight excluding hydrogens is 692 g/mol. The van der Waals surface area contributed by atoms with Crippen LogP contribution in [0.4, 0.5) is 0 Å². The molecule has 5 rings (SSSR count). The normalized spacial score (nSPS) is 45.5. The highest BCUT2D eigenvalue weighted by Gasteiger charge is 2.63. The Morgan fingerprint density at radius 3 is 2.22 bits per heavy atom. The molecule has 0 saturated carbocycles. The minimum atomic E-state index is -1.37. The highest BCUT2D eigenvalue weighted by molar-refractivity contribution is 5.84. The van der Waals surface area contributed by atoms with Crippen molar-refractivity contribution in [2.24, 2.45) is 41.4 Å². The van der Waals surface area contributed by atoms with E-state index in [0.717, 1.165) is 19.3 Å². The van der Waals surface area contributed by atoms with E-state index in [9.17, 15) is 30.0 Å². The second kappa shape index (κ2) is 16.8. The van der Waals surface area contributed by atoms with Crippen molar-refractivity contribution in [1.29, 1.82) is 0 Å². The molecule has 5 aliphatic heterocycles. The van der Waals surface area contributed by atoms with E-state index in [2.05, 4.69) is 20.8 Å². The van der Waals surface area contributed by atoms with Gasteiger partial charge in [0.2, 0.25) is 5.79 Å². The van der Waals surface area contributed by atoms with Crippen molar-refractivity contribution in [2.45, 2.75) is 205 Å². The van der Waals surface area contributed by atoms with Crippen LogP contribution in [0.1, 0.15) is 140 Å². The molecule has 5 heterocycles. The number of hydrogen-bond donors (Lipinski definition) is 4. The first-order chi connectivity index (χ1) is 25.3. The smallest absolute Gasteiger partial charge is 0.309 e. The molecule has 310 valence electrons. The molecule has 18 atom stereocenters. The van der Waals surface area contributed by atoms with Crippen molar-refractivity contribution in [3.05, 3.63) is 12.2 Å². The molecule has 4 saturated heterocycles. The number of ketones is 1. The molecule has 0 aromatic heterocycles. The van der Waals surface area contributed by atoms with Crippen molar-refractivity contribution >= 4 is 11.8 Å². The fourth-order valence-corrected chi connectivity index (χ4v) is 10.7. The van der Waals surface area contributed by atoms with E-state index in [4.69, 9.17) is 23.7 Å². The van der Waals surface area contributed by atoms with E-state index < -0.39 is 76.8 Å². The first-order valence-corrected chi connectivity index (χ1v) is 21.2. The van der Waals surface area contributed by atoms with Crippen LogP contribution < -0.4 is 0 Å². The van der Waals surface area contributed by atoms with Gasteiger partial charge in [-0.05, 0) is 95.6 Å². The van der Waals surface area contributed by atoms with Gasteiger partial charge in [0.1, 0.15) is 11.9 Å². The molecule has 11 heteroatoms. The number of hydrogen-bond acceptors (Lipinski definition) is 10. The van der Waals surface area contributed by atoms with E-state index in [-0.39, 0.29) is 41.8 Å². The van der Waals surface area contributed by atoms with Gasteiger partial charge in [0.15, 0.2) is 5.79 Å². The summed E-state index contributed by atoms with van der Waals surface area (Å²) in [5, 5.41) is 44.1. The Morgan fingerprint density at radius 1 is 0.907 bits per heavy atom. The third kappa shape index (κ3) is 8.13. The number of aliphatic hydroxyl groups excluding tert-OH is 2. The SMILES string of the molecule is CCC[C@@H](C(=O)[C@@H](C)[C@@H](O)[C@H](C)C1OC([C@@H](CC)C(=O)O)CC[C@@H]1C)C1O[C@]2(C=C[C@@H](O)[C@]3(CC[C@@](C)(C4CC[C@](O)(CC)[C@H](C)O4)O3)O2)[C@H](C)C[C@@H]1C. The number of carbonyl (C=O) groups is 2. The molecule has 4 N–H and O–H groups in total. The quantitative estimate of drug-likeness (QED) is 0.150. The molecule has 5 aliphatic rings. The zero-order valence-corrected chi connectivity index (χ0v) is 34.7. The van der Waals surface area contributed by atoms with Crippen LogP contribution in [0.5, 0.6) is 0 Å². The fraction of sp³-hybridized carbons (Fsp3) is 0.907. The van der Waals surface area contributed by atoms with Gasteiger partial charge in [0, 0.05) is 30.1 Å². The lowest BCUT2D eigenvalue weighted by Crippen LogP contribution is -2.63. The van der Waals surface area contributed by atoms with Crippen LogP contribution in [0.15, 0.2) is 12.2 Å². The minimum Gasteiger partial charge on any atom is -0.481 e. The van der Waals surface area contributed by atoms with Gasteiger partial charge in [0.05, 0.1) is 53.7 Å². The maximum absolute atomic E-state index is 14.6. The van der Waals surface area contributed by atoms with Gasteiger partial charge in [-0.25, -0.2) is 0 Å². The predicted molar refractivity (Wildman–Crippen MR) is 203 cm³/mol. The molecule has 0 aromatic rings. The van der Waals surface area contributed by atoms with E-state index >= 15 is 0 Å². The number of aliphatic hydroxyl groups is 3. The minimum absolute atomic E-state index is 0.0151. The third-order valence-electron chi connectivity index (χ3n) is 14.6. The molecule has 0 aliphatic carbocycles. The zero-order chi connectivity index (χ0) is 40.0. The zero-order valence-electron chi connectivity index (χ0n) is 34.7. The van der Waals surface area contributed by atoms with Crippen LogP contribution in [-0.2, 0) is 33.3 Å². The lowest BCUT2D eigenvalue weighted by atomic mass is 9.72. The monoisotopic (exact) mass is 765 g/mol. The number of Topliss-reactive ketones (excluding diaryl/α,β-unsaturated/α-hetero) is 1. The first kappa shape index (κ1) is 43.7. The topological polar surface area (TPSA) is 161 Å². The number of carboxylic acids is 1. The van der Waals surface area contributed by atoms with Crippen LogP contribution in [-0.4, -0.2) is 97.7 Å². The van der Waals surface area contributed by atoms with E-state index in [1.165, 1.54) is 0 Å².